The summed E-state index contributed by atoms with van der Waals surface area (Å²) >= 11 is 0. The Morgan fingerprint density at radius 3 is 2.11 bits per heavy atom. The number of piperazine rings is 1. The first-order chi connectivity index (χ1) is 26.2. The molecule has 4 unspecified atom stereocenters. The van der Waals surface area contributed by atoms with E-state index in [1.54, 1.807) is 42.5 Å². The molecule has 2 N–H and O–H groups in total. The molecule has 2 aliphatic rings. The van der Waals surface area contributed by atoms with Gasteiger partial charge in [-0.25, -0.2) is 13.1 Å². The molecule has 2 aliphatic heterocycles. The first-order valence-electron chi connectivity index (χ1n) is 18.1. The van der Waals surface area contributed by atoms with Gasteiger partial charge in [-0.2, -0.15) is 0 Å². The van der Waals surface area contributed by atoms with Crippen LogP contribution in [0.1, 0.15) is 41.6 Å². The second-order valence-electron chi connectivity index (χ2n) is 13.8. The van der Waals surface area contributed by atoms with Gasteiger partial charge in [0, 0.05) is 68.6 Å². The number of nitrogens with one attached hydrogen (secondary N) is 1. The van der Waals surface area contributed by atoms with Gasteiger partial charge in [0.2, 0.25) is 10.0 Å². The topological polar surface area (TPSA) is 134 Å². The van der Waals surface area contributed by atoms with Crippen LogP contribution in [-0.4, -0.2) is 62.2 Å². The number of aliphatic hydroxyl groups excluding tert-OH is 1. The zero-order valence-corrected chi connectivity index (χ0v) is 30.8. The number of aliphatic hydroxyl groups is 1. The molecule has 2 saturated heterocycles. The predicted octanol–water partition coefficient (Wildman–Crippen LogP) is 6.85. The van der Waals surface area contributed by atoms with Crippen molar-refractivity contribution in [1.29, 1.82) is 0 Å². The molecule has 5 aromatic rings. The van der Waals surface area contributed by atoms with E-state index in [9.17, 15) is 23.6 Å². The molecule has 54 heavy (non-hydrogen) atoms. The molecule has 0 spiro atoms. The summed E-state index contributed by atoms with van der Waals surface area (Å²) in [7, 11) is -3.67. The molecule has 0 radical (unpaired) electrons. The molecule has 7 rings (SSSR count). The summed E-state index contributed by atoms with van der Waals surface area (Å²) in [5.74, 6) is 0.0275. The van der Waals surface area contributed by atoms with Crippen LogP contribution in [0.3, 0.4) is 0 Å². The van der Waals surface area contributed by atoms with E-state index in [-0.39, 0.29) is 46.8 Å². The fraction of sp³-hybridized carbons (Fsp3) is 0.286. The van der Waals surface area contributed by atoms with E-state index in [0.717, 1.165) is 65.2 Å². The molecular weight excluding hydrogens is 705 g/mol. The van der Waals surface area contributed by atoms with Crippen molar-refractivity contribution in [3.8, 4) is 11.1 Å². The monoisotopic (exact) mass is 748 g/mol. The SMILES string of the molecule is CC1C(CN2CCN(c3ccc([N+](=O)[O-])cc3)CC2)OC(c2ccc(-c3ccccc3CNS(=O)(=O)c3ccccc3)cc2)OC1c1ccc(CO)cc1. The Labute approximate surface area is 316 Å². The summed E-state index contributed by atoms with van der Waals surface area (Å²) < 4.78 is 42.1. The molecule has 0 amide bonds. The van der Waals surface area contributed by atoms with E-state index in [1.807, 2.05) is 84.9 Å². The average molecular weight is 749 g/mol. The van der Waals surface area contributed by atoms with Crippen molar-refractivity contribution in [2.45, 2.75) is 43.5 Å². The summed E-state index contributed by atoms with van der Waals surface area (Å²) in [5, 5.41) is 20.8. The maximum absolute atomic E-state index is 12.9. The van der Waals surface area contributed by atoms with Crippen molar-refractivity contribution in [2.75, 3.05) is 37.6 Å². The smallest absolute Gasteiger partial charge is 0.269 e. The van der Waals surface area contributed by atoms with Gasteiger partial charge in [-0.15, -0.1) is 0 Å². The van der Waals surface area contributed by atoms with Crippen molar-refractivity contribution in [2.24, 2.45) is 5.92 Å². The van der Waals surface area contributed by atoms with Crippen LogP contribution in [0.5, 0.6) is 0 Å². The molecule has 0 aliphatic carbocycles. The predicted molar refractivity (Wildman–Crippen MR) is 207 cm³/mol. The van der Waals surface area contributed by atoms with E-state index in [4.69, 9.17) is 9.47 Å². The quantitative estimate of drug-likeness (QED) is 0.104. The number of rotatable bonds is 12. The standard InChI is InChI=1S/C42H44N4O7S/c1-30-40(28-44-23-25-45(26-24-44)36-19-21-37(22-20-36)46(48)49)52-42(53-41(30)33-13-11-31(29-47)12-14-33)34-17-15-32(16-18-34)39-10-6-5-7-35(39)27-43-54(50,51)38-8-3-2-4-9-38/h2-22,30,40-43,47H,23-29H2,1H3. The summed E-state index contributed by atoms with van der Waals surface area (Å²) in [6, 6.07) is 38.7. The summed E-state index contributed by atoms with van der Waals surface area (Å²) in [5.41, 5.74) is 6.50. The van der Waals surface area contributed by atoms with Crippen molar-refractivity contribution in [1.82, 2.24) is 9.62 Å². The number of benzene rings is 5. The number of nitro benzene ring substituents is 1. The summed E-state index contributed by atoms with van der Waals surface area (Å²) in [6.45, 7) is 6.21. The third kappa shape index (κ3) is 8.55. The summed E-state index contributed by atoms with van der Waals surface area (Å²) in [6.07, 6.45) is -1.02. The van der Waals surface area contributed by atoms with Gasteiger partial charge in [0.1, 0.15) is 0 Å². The first kappa shape index (κ1) is 37.4. The average Bonchev–Trinajstić information content (AvgIpc) is 3.22. The van der Waals surface area contributed by atoms with Crippen LogP contribution in [0.15, 0.2) is 132 Å². The minimum atomic E-state index is -3.67. The molecular formula is C42H44N4O7S. The second-order valence-corrected chi connectivity index (χ2v) is 15.6. The van der Waals surface area contributed by atoms with Gasteiger partial charge in [-0.05, 0) is 52.1 Å². The molecule has 12 heteroatoms. The Morgan fingerprint density at radius 2 is 1.44 bits per heavy atom. The highest BCUT2D eigenvalue weighted by atomic mass is 32.2. The third-order valence-electron chi connectivity index (χ3n) is 10.4. The van der Waals surface area contributed by atoms with E-state index >= 15 is 0 Å². The van der Waals surface area contributed by atoms with Crippen molar-refractivity contribution in [3.63, 3.8) is 0 Å². The maximum atomic E-state index is 12.9. The van der Waals surface area contributed by atoms with Crippen molar-refractivity contribution in [3.05, 3.63) is 160 Å². The Kier molecular flexibility index (Phi) is 11.5. The molecule has 0 bridgehead atoms. The molecule has 4 atom stereocenters. The van der Waals surface area contributed by atoms with E-state index in [1.165, 1.54) is 0 Å². The molecule has 2 fully saturated rings. The zero-order valence-electron chi connectivity index (χ0n) is 30.0. The van der Waals surface area contributed by atoms with Gasteiger partial charge in [0.15, 0.2) is 6.29 Å². The third-order valence-corrected chi connectivity index (χ3v) is 11.8. The van der Waals surface area contributed by atoms with Crippen LogP contribution in [-0.2, 0) is 32.6 Å². The number of hydrogen-bond acceptors (Lipinski definition) is 9. The summed E-state index contributed by atoms with van der Waals surface area (Å²) in [4.78, 5) is 15.6. The molecule has 0 saturated carbocycles. The van der Waals surface area contributed by atoms with Crippen LogP contribution in [0.25, 0.3) is 11.1 Å². The number of nitrogens with zero attached hydrogens (tertiary/aromatic N) is 3. The lowest BCUT2D eigenvalue weighted by Gasteiger charge is -2.44. The lowest BCUT2D eigenvalue weighted by atomic mass is 9.89. The van der Waals surface area contributed by atoms with Crippen LogP contribution in [0, 0.1) is 16.0 Å². The second kappa shape index (κ2) is 16.6. The highest BCUT2D eigenvalue weighted by Crippen LogP contribution is 2.42. The lowest BCUT2D eigenvalue weighted by Crippen LogP contribution is -2.51. The fourth-order valence-corrected chi connectivity index (χ4v) is 8.22. The van der Waals surface area contributed by atoms with Crippen LogP contribution in [0.4, 0.5) is 11.4 Å². The van der Waals surface area contributed by atoms with Gasteiger partial charge in [0.25, 0.3) is 5.69 Å². The van der Waals surface area contributed by atoms with Crippen LogP contribution in [0.2, 0.25) is 0 Å². The van der Waals surface area contributed by atoms with Crippen LogP contribution < -0.4 is 9.62 Å². The highest BCUT2D eigenvalue weighted by Gasteiger charge is 2.39. The number of anilines is 1. The number of ether oxygens (including phenoxy) is 2. The van der Waals surface area contributed by atoms with E-state index in [2.05, 4.69) is 21.4 Å². The van der Waals surface area contributed by atoms with Gasteiger partial charge in [0.05, 0.1) is 28.6 Å². The Morgan fingerprint density at radius 1 is 0.796 bits per heavy atom. The van der Waals surface area contributed by atoms with Crippen molar-refractivity contribution >= 4 is 21.4 Å². The van der Waals surface area contributed by atoms with Gasteiger partial charge < -0.3 is 19.5 Å². The van der Waals surface area contributed by atoms with Gasteiger partial charge in [-0.1, -0.05) is 97.9 Å². The number of sulfonamides is 1. The largest absolute Gasteiger partial charge is 0.392 e. The lowest BCUT2D eigenvalue weighted by molar-refractivity contribution is -0.384. The zero-order chi connectivity index (χ0) is 37.7. The highest BCUT2D eigenvalue weighted by molar-refractivity contribution is 7.89. The Balaban J connectivity index is 1.07. The molecule has 2 heterocycles. The van der Waals surface area contributed by atoms with Gasteiger partial charge >= 0.3 is 0 Å². The number of nitro groups is 1. The van der Waals surface area contributed by atoms with Crippen LogP contribution >= 0.6 is 0 Å². The normalized spacial score (nSPS) is 20.8. The van der Waals surface area contributed by atoms with E-state index in [0.29, 0.717) is 6.54 Å². The van der Waals surface area contributed by atoms with Gasteiger partial charge in [-0.3, -0.25) is 15.0 Å². The number of non-ortho nitro benzene ring substituents is 1. The Hall–Kier alpha value is -4.95. The fourth-order valence-electron chi connectivity index (χ4n) is 7.19. The first-order valence-corrected chi connectivity index (χ1v) is 19.6. The minimum absolute atomic E-state index is 0.0275. The molecule has 0 aromatic heterocycles. The number of hydrogen-bond donors (Lipinski definition) is 2. The van der Waals surface area contributed by atoms with E-state index < -0.39 is 16.3 Å². The molecule has 5 aromatic carbocycles. The van der Waals surface area contributed by atoms with Crippen molar-refractivity contribution < 1.29 is 27.9 Å². The minimum Gasteiger partial charge on any atom is -0.392 e. The maximum Gasteiger partial charge on any atom is 0.269 e. The Bertz CT molecular complexity index is 2130. The molecule has 11 nitrogen and oxygen atoms in total. The molecule has 280 valence electrons.